The number of ether oxygens (including phenoxy) is 1. The van der Waals surface area contributed by atoms with Crippen LogP contribution in [0.15, 0.2) is 42.5 Å². The zero-order chi connectivity index (χ0) is 23.2. The van der Waals surface area contributed by atoms with Gasteiger partial charge in [-0.3, -0.25) is 0 Å². The highest BCUT2D eigenvalue weighted by Gasteiger charge is 2.38. The van der Waals surface area contributed by atoms with Crippen LogP contribution in [0.5, 0.6) is 0 Å². The van der Waals surface area contributed by atoms with Gasteiger partial charge in [0.2, 0.25) is 0 Å². The largest absolute Gasteiger partial charge is 0.444 e. The molecule has 6 heteroatoms. The smallest absolute Gasteiger partial charge is 0.408 e. The minimum Gasteiger partial charge on any atom is -0.444 e. The van der Waals surface area contributed by atoms with Crippen LogP contribution >= 0.6 is 0 Å². The maximum atomic E-state index is 12.4. The second kappa shape index (κ2) is 10.6. The quantitative estimate of drug-likeness (QED) is 0.400. The lowest BCUT2D eigenvalue weighted by atomic mass is 9.98. The number of carbonyl (C=O) groups is 1. The molecule has 0 unspecified atom stereocenters. The highest BCUT2D eigenvalue weighted by Crippen LogP contribution is 2.36. The number of hydrogen-bond donors (Lipinski definition) is 2. The fourth-order valence-corrected chi connectivity index (χ4v) is 3.65. The molecule has 2 atom stereocenters. The minimum atomic E-state index is -2.04. The van der Waals surface area contributed by atoms with Crippen LogP contribution in [0, 0.1) is 0 Å². The number of alkyl carbamates (subject to hydrolysis) is 1. The zero-order valence-electron chi connectivity index (χ0n) is 20.0. The first-order chi connectivity index (χ1) is 13.6. The van der Waals surface area contributed by atoms with Crippen molar-refractivity contribution >= 4 is 14.4 Å². The van der Waals surface area contributed by atoms with E-state index in [4.69, 9.17) is 9.16 Å². The third-order valence-corrected chi connectivity index (χ3v) is 9.89. The molecule has 0 bridgehead atoms. The van der Waals surface area contributed by atoms with Gasteiger partial charge < -0.3 is 19.6 Å². The van der Waals surface area contributed by atoms with E-state index in [1.807, 2.05) is 51.1 Å². The average molecular weight is 436 g/mol. The Labute approximate surface area is 184 Å². The van der Waals surface area contributed by atoms with Gasteiger partial charge in [0, 0.05) is 0 Å². The molecule has 5 nitrogen and oxygen atoms in total. The van der Waals surface area contributed by atoms with E-state index in [0.29, 0.717) is 12.8 Å². The monoisotopic (exact) mass is 435 g/mol. The molecule has 0 aliphatic carbocycles. The van der Waals surface area contributed by atoms with Crippen molar-refractivity contribution in [1.82, 2.24) is 5.32 Å². The van der Waals surface area contributed by atoms with Crippen LogP contribution in [0.2, 0.25) is 18.1 Å². The van der Waals surface area contributed by atoms with Crippen LogP contribution < -0.4 is 5.32 Å². The number of amides is 1. The van der Waals surface area contributed by atoms with Crippen LogP contribution in [-0.2, 0) is 15.6 Å². The molecule has 2 N–H and O–H groups in total. The zero-order valence-corrected chi connectivity index (χ0v) is 21.0. The topological polar surface area (TPSA) is 67.8 Å². The molecule has 0 saturated carbocycles. The number of benzene rings is 1. The Hall–Kier alpha value is -1.63. The van der Waals surface area contributed by atoms with E-state index in [0.717, 1.165) is 11.1 Å². The Kier molecular flexibility index (Phi) is 9.33. The van der Waals surface area contributed by atoms with E-state index >= 15 is 0 Å². The molecule has 0 fully saturated rings. The summed E-state index contributed by atoms with van der Waals surface area (Å²) in [5.41, 5.74) is 1.43. The molecule has 170 valence electrons. The Balaban J connectivity index is 2.84. The van der Waals surface area contributed by atoms with Crippen molar-refractivity contribution in [2.75, 3.05) is 6.61 Å². The van der Waals surface area contributed by atoms with Gasteiger partial charge in [-0.1, -0.05) is 63.3 Å². The number of carbonyl (C=O) groups excluding carboxylic acids is 1. The van der Waals surface area contributed by atoms with Crippen LogP contribution in [0.3, 0.4) is 0 Å². The lowest BCUT2D eigenvalue weighted by Crippen LogP contribution is -2.51. The summed E-state index contributed by atoms with van der Waals surface area (Å²) in [4.78, 5) is 12.4. The van der Waals surface area contributed by atoms with Crippen molar-refractivity contribution < 1.29 is 19.1 Å². The molecule has 0 radical (unpaired) electrons. The minimum absolute atomic E-state index is 0.0331. The molecule has 0 aromatic heterocycles. The van der Waals surface area contributed by atoms with E-state index < -0.39 is 32.2 Å². The lowest BCUT2D eigenvalue weighted by Gasteiger charge is -2.38. The third-order valence-electron chi connectivity index (χ3n) is 5.39. The summed E-state index contributed by atoms with van der Waals surface area (Å²) < 4.78 is 11.7. The Morgan fingerprint density at radius 1 is 1.13 bits per heavy atom. The van der Waals surface area contributed by atoms with Crippen molar-refractivity contribution in [3.05, 3.63) is 48.0 Å². The highest BCUT2D eigenvalue weighted by atomic mass is 28.4. The second-order valence-corrected chi connectivity index (χ2v) is 15.3. The first-order valence-corrected chi connectivity index (χ1v) is 13.5. The summed E-state index contributed by atoms with van der Waals surface area (Å²) >= 11 is 0. The molecule has 1 amide bonds. The van der Waals surface area contributed by atoms with Crippen LogP contribution in [-0.4, -0.2) is 43.9 Å². The number of hydrogen-bond acceptors (Lipinski definition) is 4. The number of rotatable bonds is 9. The van der Waals surface area contributed by atoms with Gasteiger partial charge in [-0.15, -0.1) is 0 Å². The van der Waals surface area contributed by atoms with Gasteiger partial charge >= 0.3 is 6.09 Å². The maximum absolute atomic E-state index is 12.4. The van der Waals surface area contributed by atoms with Gasteiger partial charge in [0.1, 0.15) is 5.60 Å². The predicted octanol–water partition coefficient (Wildman–Crippen LogP) is 5.45. The maximum Gasteiger partial charge on any atom is 0.408 e. The molecule has 0 aliphatic rings. The van der Waals surface area contributed by atoms with E-state index in [-0.39, 0.29) is 11.6 Å². The molecular weight excluding hydrogens is 394 g/mol. The van der Waals surface area contributed by atoms with E-state index in [9.17, 15) is 9.90 Å². The Morgan fingerprint density at radius 3 is 2.20 bits per heavy atom. The summed E-state index contributed by atoms with van der Waals surface area (Å²) in [5, 5.41) is 13.8. The number of aliphatic hydroxyl groups excluding tert-OH is 1. The van der Waals surface area contributed by atoms with Crippen molar-refractivity contribution in [2.24, 2.45) is 0 Å². The normalized spacial score (nSPS) is 14.7. The Bertz CT molecular complexity index is 689. The number of nitrogens with one attached hydrogen (secondary N) is 1. The summed E-state index contributed by atoms with van der Waals surface area (Å²) in [6.45, 7) is 20.6. The first-order valence-electron chi connectivity index (χ1n) is 10.6. The first kappa shape index (κ1) is 26.4. The SMILES string of the molecule is C=C(Cc1ccccc1)C[C@H](O)[C@H](CO[Si](C)(C)C(C)(C)C)NC(=O)OC(C)(C)C. The molecule has 1 aromatic carbocycles. The fraction of sp³-hybridized carbons (Fsp3) is 0.625. The van der Waals surface area contributed by atoms with Gasteiger partial charge in [-0.25, -0.2) is 4.79 Å². The molecule has 1 rings (SSSR count). The molecule has 0 saturated heterocycles. The molecular formula is C24H41NO4Si. The summed E-state index contributed by atoms with van der Waals surface area (Å²) in [7, 11) is -2.04. The van der Waals surface area contributed by atoms with Gasteiger partial charge in [-0.05, 0) is 57.3 Å². The third kappa shape index (κ3) is 9.45. The van der Waals surface area contributed by atoms with Crippen molar-refractivity contribution in [3.63, 3.8) is 0 Å². The van der Waals surface area contributed by atoms with Crippen LogP contribution in [0.1, 0.15) is 53.5 Å². The number of aliphatic hydroxyl groups is 1. The standard InChI is InChI=1S/C24H41NO4Si/c1-18(15-19-13-11-10-12-14-19)16-21(26)20(25-22(27)29-23(2,3)4)17-28-30(8,9)24(5,6)7/h10-14,20-21,26H,1,15-17H2,2-9H3,(H,25,27)/t20-,21-/m0/s1. The van der Waals surface area contributed by atoms with Crippen molar-refractivity contribution in [2.45, 2.75) is 90.3 Å². The second-order valence-electron chi connectivity index (χ2n) is 10.5. The summed E-state index contributed by atoms with van der Waals surface area (Å²) in [5.74, 6) is 0. The lowest BCUT2D eigenvalue weighted by molar-refractivity contribution is 0.0360. The van der Waals surface area contributed by atoms with Gasteiger partial charge in [0.05, 0.1) is 18.8 Å². The van der Waals surface area contributed by atoms with Crippen LogP contribution in [0.4, 0.5) is 4.79 Å². The molecule has 0 spiro atoms. The predicted molar refractivity (Wildman–Crippen MR) is 126 cm³/mol. The van der Waals surface area contributed by atoms with Crippen LogP contribution in [0.25, 0.3) is 0 Å². The summed E-state index contributed by atoms with van der Waals surface area (Å²) in [6, 6.07) is 9.43. The molecule has 1 aromatic rings. The van der Waals surface area contributed by atoms with E-state index in [1.165, 1.54) is 0 Å². The van der Waals surface area contributed by atoms with Gasteiger partial charge in [0.15, 0.2) is 8.32 Å². The summed E-state index contributed by atoms with van der Waals surface area (Å²) in [6.07, 6.45) is -0.325. The van der Waals surface area contributed by atoms with Gasteiger partial charge in [0.25, 0.3) is 0 Å². The highest BCUT2D eigenvalue weighted by molar-refractivity contribution is 6.74. The van der Waals surface area contributed by atoms with Crippen molar-refractivity contribution in [3.8, 4) is 0 Å². The van der Waals surface area contributed by atoms with Crippen molar-refractivity contribution in [1.29, 1.82) is 0 Å². The van der Waals surface area contributed by atoms with E-state index in [1.54, 1.807) is 0 Å². The Morgan fingerprint density at radius 2 is 1.70 bits per heavy atom. The van der Waals surface area contributed by atoms with E-state index in [2.05, 4.69) is 45.8 Å². The fourth-order valence-electron chi connectivity index (χ4n) is 2.62. The molecule has 30 heavy (non-hydrogen) atoms. The average Bonchev–Trinajstić information content (AvgIpc) is 2.56. The van der Waals surface area contributed by atoms with Gasteiger partial charge in [-0.2, -0.15) is 0 Å². The molecule has 0 aliphatic heterocycles. The molecule has 0 heterocycles.